The van der Waals surface area contributed by atoms with E-state index in [1.807, 2.05) is 42.5 Å². The average molecular weight is 445 g/mol. The van der Waals surface area contributed by atoms with Gasteiger partial charge in [0.15, 0.2) is 0 Å². The van der Waals surface area contributed by atoms with Crippen molar-refractivity contribution in [2.45, 2.75) is 0 Å². The van der Waals surface area contributed by atoms with Crippen molar-refractivity contribution in [1.29, 1.82) is 0 Å². The number of benzene rings is 2. The third kappa shape index (κ3) is 4.57. The number of halogens is 1. The maximum Gasteiger partial charge on any atom is 0.284 e. The molecule has 0 atom stereocenters. The van der Waals surface area contributed by atoms with Gasteiger partial charge in [0.2, 0.25) is 5.91 Å². The lowest BCUT2D eigenvalue weighted by Gasteiger charge is -2.36. The lowest BCUT2D eigenvalue weighted by atomic mass is 10.2. The smallest absolute Gasteiger partial charge is 0.284 e. The molecule has 2 aromatic carbocycles. The Balaban J connectivity index is 1.33. The fourth-order valence-corrected chi connectivity index (χ4v) is 4.78. The van der Waals surface area contributed by atoms with Crippen LogP contribution in [0.2, 0.25) is 5.02 Å². The monoisotopic (exact) mass is 444 g/mol. The summed E-state index contributed by atoms with van der Waals surface area (Å²) in [5.74, 6) is -0.622. The molecule has 1 aliphatic heterocycles. The van der Waals surface area contributed by atoms with Gasteiger partial charge < -0.3 is 10.2 Å². The predicted molar refractivity (Wildman–Crippen MR) is 120 cm³/mol. The molecule has 156 valence electrons. The number of nitrogens with one attached hydrogen (secondary N) is 2. The average Bonchev–Trinajstić information content (AvgIpc) is 3.17. The summed E-state index contributed by atoms with van der Waals surface area (Å²) in [6, 6.07) is 15.0. The first kappa shape index (κ1) is 20.6. The highest BCUT2D eigenvalue weighted by atomic mass is 35.5. The Hall–Kier alpha value is -2.65. The maximum atomic E-state index is 12.5. The molecule has 2 heterocycles. The summed E-state index contributed by atoms with van der Waals surface area (Å²) in [5, 5.41) is 13.3. The Morgan fingerprint density at radius 2 is 1.83 bits per heavy atom. The number of rotatable bonds is 5. The molecule has 0 aliphatic carbocycles. The minimum Gasteiger partial charge on any atom is -0.368 e. The summed E-state index contributed by atoms with van der Waals surface area (Å²) < 4.78 is 0.861. The van der Waals surface area contributed by atoms with Gasteiger partial charge in [-0.25, -0.2) is 5.48 Å². The van der Waals surface area contributed by atoms with E-state index in [-0.39, 0.29) is 5.91 Å². The first-order valence-corrected chi connectivity index (χ1v) is 10.7. The molecule has 1 fully saturated rings. The van der Waals surface area contributed by atoms with Crippen molar-refractivity contribution in [2.24, 2.45) is 0 Å². The molecule has 4 rings (SSSR count). The Bertz CT molecular complexity index is 1080. The summed E-state index contributed by atoms with van der Waals surface area (Å²) in [7, 11) is 0. The lowest BCUT2D eigenvalue weighted by molar-refractivity contribution is -0.117. The summed E-state index contributed by atoms with van der Waals surface area (Å²) in [6.07, 6.45) is 0. The van der Waals surface area contributed by atoms with Crippen LogP contribution < -0.4 is 15.7 Å². The highest BCUT2D eigenvalue weighted by Crippen LogP contribution is 2.28. The molecule has 0 radical (unpaired) electrons. The van der Waals surface area contributed by atoms with Crippen LogP contribution in [0.5, 0.6) is 0 Å². The molecule has 0 unspecified atom stereocenters. The van der Waals surface area contributed by atoms with Crippen LogP contribution >= 0.6 is 22.9 Å². The topological polar surface area (TPSA) is 84.9 Å². The van der Waals surface area contributed by atoms with E-state index in [1.165, 1.54) is 11.3 Å². The number of hydrogen-bond acceptors (Lipinski definition) is 6. The van der Waals surface area contributed by atoms with Crippen molar-refractivity contribution in [2.75, 3.05) is 42.9 Å². The Morgan fingerprint density at radius 1 is 1.07 bits per heavy atom. The van der Waals surface area contributed by atoms with Crippen LogP contribution in [-0.4, -0.2) is 54.6 Å². The van der Waals surface area contributed by atoms with Gasteiger partial charge in [-0.05, 0) is 35.7 Å². The third-order valence-electron chi connectivity index (χ3n) is 5.06. The summed E-state index contributed by atoms with van der Waals surface area (Å²) in [6.45, 7) is 3.50. The van der Waals surface area contributed by atoms with Crippen molar-refractivity contribution in [3.63, 3.8) is 0 Å². The van der Waals surface area contributed by atoms with E-state index in [1.54, 1.807) is 11.5 Å². The number of fused-ring (bicyclic) bond motifs is 1. The van der Waals surface area contributed by atoms with Gasteiger partial charge in [-0.1, -0.05) is 29.8 Å². The molecule has 1 aromatic heterocycles. The van der Waals surface area contributed by atoms with Crippen LogP contribution in [0.1, 0.15) is 9.67 Å². The molecule has 30 heavy (non-hydrogen) atoms. The minimum absolute atomic E-state index is 0.0783. The van der Waals surface area contributed by atoms with Crippen molar-refractivity contribution < 1.29 is 14.8 Å². The molecule has 0 bridgehead atoms. The zero-order valence-corrected chi connectivity index (χ0v) is 17.7. The zero-order valence-electron chi connectivity index (χ0n) is 16.1. The quantitative estimate of drug-likeness (QED) is 0.414. The number of carbonyl (C=O) groups excluding carboxylic acids is 2. The van der Waals surface area contributed by atoms with Gasteiger partial charge in [0.1, 0.15) is 0 Å². The number of amides is 2. The molecule has 9 heteroatoms. The first-order chi connectivity index (χ1) is 14.5. The van der Waals surface area contributed by atoms with Gasteiger partial charge >= 0.3 is 0 Å². The van der Waals surface area contributed by atoms with Crippen molar-refractivity contribution >= 4 is 56.2 Å². The lowest BCUT2D eigenvalue weighted by Crippen LogP contribution is -2.48. The second-order valence-corrected chi connectivity index (χ2v) is 8.56. The van der Waals surface area contributed by atoms with E-state index in [0.717, 1.165) is 47.0 Å². The van der Waals surface area contributed by atoms with Crippen molar-refractivity contribution in [3.05, 3.63) is 58.4 Å². The number of carbonyl (C=O) groups is 2. The molecule has 1 saturated heterocycles. The fourth-order valence-electron chi connectivity index (χ4n) is 3.53. The third-order valence-corrected chi connectivity index (χ3v) is 6.48. The minimum atomic E-state index is -0.544. The van der Waals surface area contributed by atoms with Gasteiger partial charge in [0.05, 0.1) is 22.1 Å². The highest BCUT2D eigenvalue weighted by Gasteiger charge is 2.20. The second-order valence-electron chi connectivity index (χ2n) is 7.07. The van der Waals surface area contributed by atoms with Crippen LogP contribution in [0.15, 0.2) is 48.5 Å². The fraction of sp³-hybridized carbons (Fsp3) is 0.238. The van der Waals surface area contributed by atoms with Crippen LogP contribution in [0.25, 0.3) is 10.1 Å². The number of para-hydroxylation sites is 1. The van der Waals surface area contributed by atoms with E-state index < -0.39 is 5.91 Å². The van der Waals surface area contributed by atoms with Gasteiger partial charge in [0.25, 0.3) is 5.91 Å². The number of anilines is 2. The van der Waals surface area contributed by atoms with Gasteiger partial charge in [-0.15, -0.1) is 11.3 Å². The SMILES string of the molecule is O=C(CN1CCN(c2ccccc2Cl)CC1)Nc1ccc2cc(C(=O)NO)sc2c1. The molecule has 2 amide bonds. The number of thiophene rings is 1. The summed E-state index contributed by atoms with van der Waals surface area (Å²) in [5.41, 5.74) is 3.35. The van der Waals surface area contributed by atoms with E-state index >= 15 is 0 Å². The Labute approximate surface area is 182 Å². The van der Waals surface area contributed by atoms with Crippen molar-refractivity contribution in [3.8, 4) is 0 Å². The van der Waals surface area contributed by atoms with Crippen LogP contribution in [0.3, 0.4) is 0 Å². The van der Waals surface area contributed by atoms with E-state index in [4.69, 9.17) is 16.8 Å². The number of piperazine rings is 1. The molecular formula is C21H21ClN4O3S. The van der Waals surface area contributed by atoms with E-state index in [2.05, 4.69) is 15.1 Å². The van der Waals surface area contributed by atoms with E-state index in [0.29, 0.717) is 17.1 Å². The van der Waals surface area contributed by atoms with Crippen LogP contribution in [0, 0.1) is 0 Å². The molecule has 0 saturated carbocycles. The van der Waals surface area contributed by atoms with Crippen LogP contribution in [0.4, 0.5) is 11.4 Å². The normalized spacial score (nSPS) is 14.7. The molecule has 3 N–H and O–H groups in total. The summed E-state index contributed by atoms with van der Waals surface area (Å²) in [4.78, 5) is 28.8. The molecule has 7 nitrogen and oxygen atoms in total. The number of hydroxylamine groups is 1. The van der Waals surface area contributed by atoms with Gasteiger partial charge in [-0.3, -0.25) is 19.7 Å². The summed E-state index contributed by atoms with van der Waals surface area (Å²) >= 11 is 7.54. The standard InChI is InChI=1S/C21H21ClN4O3S/c22-16-3-1-2-4-17(16)26-9-7-25(8-10-26)13-20(27)23-15-6-5-14-11-19(21(28)24-29)30-18(14)12-15/h1-6,11-12,29H,7-10,13H2,(H,23,27)(H,24,28). The number of hydrogen-bond donors (Lipinski definition) is 3. The van der Waals surface area contributed by atoms with E-state index in [9.17, 15) is 9.59 Å². The first-order valence-electron chi connectivity index (χ1n) is 9.53. The Kier molecular flexibility index (Phi) is 6.19. The molecule has 1 aliphatic rings. The van der Waals surface area contributed by atoms with Crippen LogP contribution in [-0.2, 0) is 4.79 Å². The molecule has 0 spiro atoms. The largest absolute Gasteiger partial charge is 0.368 e. The zero-order chi connectivity index (χ0) is 21.1. The second kappa shape index (κ2) is 9.01. The van der Waals surface area contributed by atoms with Gasteiger partial charge in [-0.2, -0.15) is 0 Å². The molecular weight excluding hydrogens is 424 g/mol. The highest BCUT2D eigenvalue weighted by molar-refractivity contribution is 7.20. The molecule has 3 aromatic rings. The number of nitrogens with zero attached hydrogens (tertiary/aromatic N) is 2. The van der Waals surface area contributed by atoms with Crippen molar-refractivity contribution in [1.82, 2.24) is 10.4 Å². The predicted octanol–water partition coefficient (Wildman–Crippen LogP) is 3.43. The maximum absolute atomic E-state index is 12.5. The Morgan fingerprint density at radius 3 is 2.57 bits per heavy atom. The van der Waals surface area contributed by atoms with Gasteiger partial charge in [0, 0.05) is 36.6 Å².